The van der Waals surface area contributed by atoms with Crippen LogP contribution in [-0.2, 0) is 4.74 Å². The number of nitrogens with two attached hydrogens (primary N) is 1. The maximum Gasteiger partial charge on any atom is 0.124 e. The predicted octanol–water partition coefficient (Wildman–Crippen LogP) is 2.05. The number of benzene rings is 1. The molecular weight excluding hydrogens is 240 g/mol. The lowest BCUT2D eigenvalue weighted by Crippen LogP contribution is -2.33. The van der Waals surface area contributed by atoms with Crippen LogP contribution in [0.25, 0.3) is 0 Å². The van der Waals surface area contributed by atoms with Crippen LogP contribution >= 0.6 is 0 Å². The summed E-state index contributed by atoms with van der Waals surface area (Å²) in [5.41, 5.74) is 7.08. The molecule has 0 saturated carbocycles. The standard InChI is InChI=1S/C15H26N2O2/c1-4-18-11-10-17(3)14(12-16)13-8-6-7-9-15(13)19-5-2/h6-9,14H,4-5,10-12,16H2,1-3H3. The number of hydrogen-bond donors (Lipinski definition) is 1. The zero-order valence-electron chi connectivity index (χ0n) is 12.3. The molecular formula is C15H26N2O2. The van der Waals surface area contributed by atoms with Crippen molar-refractivity contribution >= 4 is 0 Å². The van der Waals surface area contributed by atoms with Gasteiger partial charge in [0.1, 0.15) is 5.75 Å². The van der Waals surface area contributed by atoms with Gasteiger partial charge in [0.25, 0.3) is 0 Å². The second-order valence-electron chi connectivity index (χ2n) is 4.40. The Labute approximate surface area is 116 Å². The molecule has 0 aliphatic carbocycles. The van der Waals surface area contributed by atoms with Gasteiger partial charge in [-0.25, -0.2) is 0 Å². The number of hydrogen-bond acceptors (Lipinski definition) is 4. The Bertz CT molecular complexity index is 358. The topological polar surface area (TPSA) is 47.7 Å². The molecule has 4 nitrogen and oxygen atoms in total. The Hall–Kier alpha value is -1.10. The van der Waals surface area contributed by atoms with Crippen molar-refractivity contribution in [3.8, 4) is 5.75 Å². The molecule has 1 aromatic carbocycles. The molecule has 0 aliphatic heterocycles. The van der Waals surface area contributed by atoms with Gasteiger partial charge in [-0.3, -0.25) is 4.90 Å². The third-order valence-corrected chi connectivity index (χ3v) is 3.13. The van der Waals surface area contributed by atoms with Crippen LogP contribution in [0.5, 0.6) is 5.75 Å². The van der Waals surface area contributed by atoms with Gasteiger partial charge in [0, 0.05) is 25.3 Å². The van der Waals surface area contributed by atoms with E-state index in [1.54, 1.807) is 0 Å². The highest BCUT2D eigenvalue weighted by atomic mass is 16.5. The van der Waals surface area contributed by atoms with Gasteiger partial charge in [0.05, 0.1) is 19.3 Å². The molecule has 0 bridgehead atoms. The van der Waals surface area contributed by atoms with Crippen LogP contribution in [0, 0.1) is 0 Å². The van der Waals surface area contributed by atoms with Gasteiger partial charge in [-0.15, -0.1) is 0 Å². The van der Waals surface area contributed by atoms with Crippen molar-refractivity contribution in [1.82, 2.24) is 4.90 Å². The van der Waals surface area contributed by atoms with Crippen LogP contribution in [0.3, 0.4) is 0 Å². The minimum absolute atomic E-state index is 0.156. The van der Waals surface area contributed by atoms with Crippen LogP contribution in [-0.4, -0.2) is 44.9 Å². The fraction of sp³-hybridized carbons (Fsp3) is 0.600. The van der Waals surface area contributed by atoms with E-state index in [4.69, 9.17) is 15.2 Å². The number of rotatable bonds is 9. The normalized spacial score (nSPS) is 12.7. The third-order valence-electron chi connectivity index (χ3n) is 3.13. The second-order valence-corrected chi connectivity index (χ2v) is 4.40. The number of ether oxygens (including phenoxy) is 2. The van der Waals surface area contributed by atoms with Crippen LogP contribution in [0.4, 0.5) is 0 Å². The average Bonchev–Trinajstić information content (AvgIpc) is 2.42. The van der Waals surface area contributed by atoms with Crippen molar-refractivity contribution in [3.05, 3.63) is 29.8 Å². The lowest BCUT2D eigenvalue weighted by Gasteiger charge is -2.28. The minimum atomic E-state index is 0.156. The van der Waals surface area contributed by atoms with E-state index >= 15 is 0 Å². The Balaban J connectivity index is 2.77. The van der Waals surface area contributed by atoms with Gasteiger partial charge in [-0.05, 0) is 27.0 Å². The van der Waals surface area contributed by atoms with E-state index in [1.165, 1.54) is 0 Å². The summed E-state index contributed by atoms with van der Waals surface area (Å²) in [6.07, 6.45) is 0. The highest BCUT2D eigenvalue weighted by Crippen LogP contribution is 2.27. The predicted molar refractivity (Wildman–Crippen MR) is 78.5 cm³/mol. The first-order valence-electron chi connectivity index (χ1n) is 6.94. The van der Waals surface area contributed by atoms with Gasteiger partial charge < -0.3 is 15.2 Å². The van der Waals surface area contributed by atoms with Gasteiger partial charge >= 0.3 is 0 Å². The fourth-order valence-electron chi connectivity index (χ4n) is 2.10. The molecule has 0 aliphatic rings. The summed E-state index contributed by atoms with van der Waals surface area (Å²) in [6.45, 7) is 7.55. The average molecular weight is 266 g/mol. The summed E-state index contributed by atoms with van der Waals surface area (Å²) in [6, 6.07) is 8.25. The van der Waals surface area contributed by atoms with Crippen molar-refractivity contribution < 1.29 is 9.47 Å². The maximum absolute atomic E-state index is 5.94. The summed E-state index contributed by atoms with van der Waals surface area (Å²) in [4.78, 5) is 2.22. The molecule has 1 aromatic rings. The molecule has 19 heavy (non-hydrogen) atoms. The molecule has 1 rings (SSSR count). The quantitative estimate of drug-likeness (QED) is 0.695. The van der Waals surface area contributed by atoms with E-state index < -0.39 is 0 Å². The summed E-state index contributed by atoms with van der Waals surface area (Å²) in [7, 11) is 2.07. The summed E-state index contributed by atoms with van der Waals surface area (Å²) in [5, 5.41) is 0. The Morgan fingerprint density at radius 2 is 1.95 bits per heavy atom. The van der Waals surface area contributed by atoms with E-state index in [0.29, 0.717) is 13.2 Å². The van der Waals surface area contributed by atoms with Gasteiger partial charge in [-0.2, -0.15) is 0 Å². The van der Waals surface area contributed by atoms with E-state index in [0.717, 1.165) is 31.1 Å². The van der Waals surface area contributed by atoms with Crippen LogP contribution in [0.2, 0.25) is 0 Å². The molecule has 0 heterocycles. The molecule has 108 valence electrons. The first-order chi connectivity index (χ1) is 9.24. The second kappa shape index (κ2) is 8.91. The largest absolute Gasteiger partial charge is 0.494 e. The molecule has 0 saturated heterocycles. The number of nitrogens with zero attached hydrogens (tertiary/aromatic N) is 1. The van der Waals surface area contributed by atoms with Crippen molar-refractivity contribution in [3.63, 3.8) is 0 Å². The Morgan fingerprint density at radius 3 is 2.58 bits per heavy atom. The molecule has 1 unspecified atom stereocenters. The van der Waals surface area contributed by atoms with Gasteiger partial charge in [-0.1, -0.05) is 18.2 Å². The molecule has 0 aromatic heterocycles. The molecule has 2 N–H and O–H groups in total. The fourth-order valence-corrected chi connectivity index (χ4v) is 2.10. The van der Waals surface area contributed by atoms with Gasteiger partial charge in [0.15, 0.2) is 0 Å². The molecule has 1 atom stereocenters. The Kier molecular flexibility index (Phi) is 7.48. The van der Waals surface area contributed by atoms with Crippen molar-refractivity contribution in [2.75, 3.05) is 40.0 Å². The minimum Gasteiger partial charge on any atom is -0.494 e. The van der Waals surface area contributed by atoms with Crippen LogP contribution < -0.4 is 10.5 Å². The molecule has 4 heteroatoms. The third kappa shape index (κ3) is 4.82. The molecule has 0 amide bonds. The lowest BCUT2D eigenvalue weighted by molar-refractivity contribution is 0.108. The van der Waals surface area contributed by atoms with Crippen molar-refractivity contribution in [1.29, 1.82) is 0 Å². The summed E-state index contributed by atoms with van der Waals surface area (Å²) < 4.78 is 11.1. The molecule has 0 fully saturated rings. The van der Waals surface area contributed by atoms with Crippen molar-refractivity contribution in [2.24, 2.45) is 5.73 Å². The first kappa shape index (κ1) is 16.0. The van der Waals surface area contributed by atoms with E-state index in [1.807, 2.05) is 32.0 Å². The summed E-state index contributed by atoms with van der Waals surface area (Å²) in [5.74, 6) is 0.920. The summed E-state index contributed by atoms with van der Waals surface area (Å²) >= 11 is 0. The maximum atomic E-state index is 5.94. The van der Waals surface area contributed by atoms with E-state index in [9.17, 15) is 0 Å². The van der Waals surface area contributed by atoms with Crippen LogP contribution in [0.1, 0.15) is 25.5 Å². The SMILES string of the molecule is CCOCCN(C)C(CN)c1ccccc1OCC. The number of para-hydroxylation sites is 1. The van der Waals surface area contributed by atoms with E-state index in [-0.39, 0.29) is 6.04 Å². The van der Waals surface area contributed by atoms with Crippen LogP contribution in [0.15, 0.2) is 24.3 Å². The van der Waals surface area contributed by atoms with E-state index in [2.05, 4.69) is 18.0 Å². The van der Waals surface area contributed by atoms with Gasteiger partial charge in [0.2, 0.25) is 0 Å². The lowest BCUT2D eigenvalue weighted by atomic mass is 10.0. The smallest absolute Gasteiger partial charge is 0.124 e. The zero-order valence-corrected chi connectivity index (χ0v) is 12.3. The molecule has 0 spiro atoms. The Morgan fingerprint density at radius 1 is 1.21 bits per heavy atom. The monoisotopic (exact) mass is 266 g/mol. The molecule has 0 radical (unpaired) electrons. The van der Waals surface area contributed by atoms with Crippen molar-refractivity contribution in [2.45, 2.75) is 19.9 Å². The first-order valence-corrected chi connectivity index (χ1v) is 6.94. The zero-order chi connectivity index (χ0) is 14.1. The number of likely N-dealkylation sites (N-methyl/N-ethyl adjacent to an activating group) is 1. The highest BCUT2D eigenvalue weighted by Gasteiger charge is 2.18. The highest BCUT2D eigenvalue weighted by molar-refractivity contribution is 5.36.